The van der Waals surface area contributed by atoms with E-state index in [-0.39, 0.29) is 30.3 Å². The Bertz CT molecular complexity index is 710. The summed E-state index contributed by atoms with van der Waals surface area (Å²) in [6.07, 6.45) is 0. The average Bonchev–Trinajstić information content (AvgIpc) is 2.50. The molecule has 0 N–H and O–H groups in total. The third-order valence-corrected chi connectivity index (χ3v) is 3.88. The lowest BCUT2D eigenvalue weighted by Crippen LogP contribution is -2.51. The molecule has 1 aliphatic rings. The number of nitrogens with zero attached hydrogens (tertiary/aromatic N) is 2. The van der Waals surface area contributed by atoms with Crippen LogP contribution in [0.25, 0.3) is 0 Å². The quantitative estimate of drug-likeness (QED) is 0.609. The SMILES string of the molecule is CC(C)N1C(=O)CN(C(=O)CCl)c2cc(C(=O)OC(C)(C)C)ccc21. The largest absolute Gasteiger partial charge is 0.456 e. The van der Waals surface area contributed by atoms with E-state index in [2.05, 4.69) is 0 Å². The van der Waals surface area contributed by atoms with E-state index in [9.17, 15) is 14.4 Å². The van der Waals surface area contributed by atoms with Crippen LogP contribution in [0.3, 0.4) is 0 Å². The van der Waals surface area contributed by atoms with Crippen LogP contribution in [0.1, 0.15) is 45.0 Å². The summed E-state index contributed by atoms with van der Waals surface area (Å²) in [6.45, 7) is 9.03. The van der Waals surface area contributed by atoms with Gasteiger partial charge in [-0.2, -0.15) is 0 Å². The van der Waals surface area contributed by atoms with Crippen molar-refractivity contribution >= 4 is 40.8 Å². The van der Waals surface area contributed by atoms with Crippen molar-refractivity contribution in [1.29, 1.82) is 0 Å². The van der Waals surface area contributed by atoms with Crippen molar-refractivity contribution in [2.24, 2.45) is 0 Å². The van der Waals surface area contributed by atoms with Gasteiger partial charge in [-0.3, -0.25) is 14.5 Å². The summed E-state index contributed by atoms with van der Waals surface area (Å²) >= 11 is 5.68. The number of hydrogen-bond acceptors (Lipinski definition) is 4. The molecule has 0 spiro atoms. The van der Waals surface area contributed by atoms with E-state index in [0.29, 0.717) is 16.9 Å². The molecule has 1 aromatic carbocycles. The van der Waals surface area contributed by atoms with Gasteiger partial charge in [0.2, 0.25) is 11.8 Å². The predicted molar refractivity (Wildman–Crippen MR) is 97.3 cm³/mol. The molecule has 7 heteroatoms. The van der Waals surface area contributed by atoms with E-state index in [1.807, 2.05) is 13.8 Å². The first-order valence-corrected chi connectivity index (χ1v) is 8.64. The third kappa shape index (κ3) is 4.12. The Balaban J connectivity index is 2.51. The molecule has 0 aromatic heterocycles. The minimum Gasteiger partial charge on any atom is -0.456 e. The fourth-order valence-electron chi connectivity index (χ4n) is 2.70. The highest BCUT2D eigenvalue weighted by atomic mass is 35.5. The summed E-state index contributed by atoms with van der Waals surface area (Å²) in [7, 11) is 0. The highest BCUT2D eigenvalue weighted by Crippen LogP contribution is 2.36. The zero-order valence-electron chi connectivity index (χ0n) is 15.1. The molecular formula is C18H23ClN2O4. The number of benzene rings is 1. The van der Waals surface area contributed by atoms with Crippen LogP contribution >= 0.6 is 11.6 Å². The van der Waals surface area contributed by atoms with Gasteiger partial charge >= 0.3 is 5.97 Å². The smallest absolute Gasteiger partial charge is 0.338 e. The second kappa shape index (κ2) is 7.04. The number of anilines is 2. The summed E-state index contributed by atoms with van der Waals surface area (Å²) in [6, 6.07) is 4.77. The number of carbonyl (C=O) groups is 3. The van der Waals surface area contributed by atoms with E-state index in [0.717, 1.165) is 0 Å². The number of hydrogen-bond donors (Lipinski definition) is 0. The predicted octanol–water partition coefficient (Wildman–Crippen LogP) is 2.97. The van der Waals surface area contributed by atoms with E-state index < -0.39 is 11.6 Å². The highest BCUT2D eigenvalue weighted by molar-refractivity contribution is 6.30. The lowest BCUT2D eigenvalue weighted by atomic mass is 10.1. The Hall–Kier alpha value is -2.08. The van der Waals surface area contributed by atoms with Crippen LogP contribution < -0.4 is 9.80 Å². The molecule has 1 aromatic rings. The molecule has 136 valence electrons. The first-order valence-electron chi connectivity index (χ1n) is 8.11. The zero-order valence-corrected chi connectivity index (χ0v) is 15.9. The molecule has 2 rings (SSSR count). The maximum Gasteiger partial charge on any atom is 0.338 e. The number of ether oxygens (including phenoxy) is 1. The molecule has 0 saturated carbocycles. The minimum absolute atomic E-state index is 0.0770. The van der Waals surface area contributed by atoms with Gasteiger partial charge in [0.25, 0.3) is 0 Å². The Kier molecular flexibility index (Phi) is 5.42. The van der Waals surface area contributed by atoms with Crippen molar-refractivity contribution in [1.82, 2.24) is 0 Å². The van der Waals surface area contributed by atoms with Crippen LogP contribution in [-0.4, -0.2) is 41.9 Å². The van der Waals surface area contributed by atoms with Gasteiger partial charge in [-0.15, -0.1) is 11.6 Å². The van der Waals surface area contributed by atoms with Gasteiger partial charge in [0, 0.05) is 6.04 Å². The van der Waals surface area contributed by atoms with Crippen LogP contribution in [0.4, 0.5) is 11.4 Å². The van der Waals surface area contributed by atoms with Gasteiger partial charge in [0.15, 0.2) is 0 Å². The molecule has 0 radical (unpaired) electrons. The van der Waals surface area contributed by atoms with Gasteiger partial charge in [-0.1, -0.05) is 0 Å². The van der Waals surface area contributed by atoms with Crippen molar-refractivity contribution in [3.63, 3.8) is 0 Å². The molecule has 0 aliphatic carbocycles. The summed E-state index contributed by atoms with van der Waals surface area (Å²) in [5.74, 6) is -1.31. The van der Waals surface area contributed by atoms with Crippen LogP contribution in [0, 0.1) is 0 Å². The van der Waals surface area contributed by atoms with E-state index in [1.54, 1.807) is 43.9 Å². The lowest BCUT2D eigenvalue weighted by Gasteiger charge is -2.38. The summed E-state index contributed by atoms with van der Waals surface area (Å²) in [4.78, 5) is 39.9. The molecule has 1 heterocycles. The van der Waals surface area contributed by atoms with E-state index >= 15 is 0 Å². The van der Waals surface area contributed by atoms with Gasteiger partial charge < -0.3 is 9.64 Å². The zero-order chi connectivity index (χ0) is 18.9. The number of rotatable bonds is 3. The average molecular weight is 367 g/mol. The Labute approximate surface area is 152 Å². The van der Waals surface area contributed by atoms with E-state index in [1.165, 1.54) is 4.90 Å². The Morgan fingerprint density at radius 1 is 1.24 bits per heavy atom. The number of halogens is 1. The van der Waals surface area contributed by atoms with Crippen LogP contribution in [0.15, 0.2) is 18.2 Å². The third-order valence-electron chi connectivity index (χ3n) is 3.65. The molecule has 2 amide bonds. The fourth-order valence-corrected chi connectivity index (χ4v) is 2.84. The van der Waals surface area contributed by atoms with Gasteiger partial charge in [0.1, 0.15) is 18.0 Å². The van der Waals surface area contributed by atoms with Crippen molar-refractivity contribution in [2.75, 3.05) is 22.2 Å². The Morgan fingerprint density at radius 2 is 1.88 bits per heavy atom. The number of esters is 1. The van der Waals surface area contributed by atoms with Crippen LogP contribution in [0.2, 0.25) is 0 Å². The standard InChI is InChI=1S/C18H23ClN2O4/c1-11(2)21-13-7-6-12(17(24)25-18(3,4)5)8-14(13)20(10-16(21)23)15(22)9-19/h6-8,11H,9-10H2,1-5H3. The number of amides is 2. The van der Waals surface area contributed by atoms with E-state index in [4.69, 9.17) is 16.3 Å². The molecule has 0 saturated heterocycles. The normalized spacial score (nSPS) is 14.6. The first-order chi connectivity index (χ1) is 11.5. The van der Waals surface area contributed by atoms with Gasteiger partial charge in [-0.05, 0) is 52.8 Å². The maximum atomic E-state index is 12.4. The topological polar surface area (TPSA) is 66.9 Å². The molecule has 0 fully saturated rings. The van der Waals surface area contributed by atoms with Crippen molar-refractivity contribution in [3.8, 4) is 0 Å². The van der Waals surface area contributed by atoms with Crippen molar-refractivity contribution in [3.05, 3.63) is 23.8 Å². The highest BCUT2D eigenvalue weighted by Gasteiger charge is 2.34. The van der Waals surface area contributed by atoms with Gasteiger partial charge in [-0.25, -0.2) is 4.79 Å². The molecule has 0 unspecified atom stereocenters. The molecule has 25 heavy (non-hydrogen) atoms. The second-order valence-electron chi connectivity index (χ2n) is 7.18. The maximum absolute atomic E-state index is 12.4. The molecule has 6 nitrogen and oxygen atoms in total. The summed E-state index contributed by atoms with van der Waals surface area (Å²) in [5.41, 5.74) is 0.761. The second-order valence-corrected chi connectivity index (χ2v) is 7.44. The van der Waals surface area contributed by atoms with Gasteiger partial charge in [0.05, 0.1) is 16.9 Å². The fraction of sp³-hybridized carbons (Fsp3) is 0.500. The van der Waals surface area contributed by atoms with Crippen molar-refractivity contribution in [2.45, 2.75) is 46.3 Å². The molecule has 0 atom stereocenters. The molecule has 0 bridgehead atoms. The van der Waals surface area contributed by atoms with Crippen LogP contribution in [-0.2, 0) is 14.3 Å². The summed E-state index contributed by atoms with van der Waals surface area (Å²) < 4.78 is 5.38. The number of fused-ring (bicyclic) bond motifs is 1. The molecular weight excluding hydrogens is 344 g/mol. The first kappa shape index (κ1) is 19.2. The number of alkyl halides is 1. The Morgan fingerprint density at radius 3 is 2.40 bits per heavy atom. The number of carbonyl (C=O) groups excluding carboxylic acids is 3. The molecule has 1 aliphatic heterocycles. The van der Waals surface area contributed by atoms with Crippen molar-refractivity contribution < 1.29 is 19.1 Å². The lowest BCUT2D eigenvalue weighted by molar-refractivity contribution is -0.122. The summed E-state index contributed by atoms with van der Waals surface area (Å²) in [5, 5.41) is 0. The monoisotopic (exact) mass is 366 g/mol. The van der Waals surface area contributed by atoms with Crippen LogP contribution in [0.5, 0.6) is 0 Å². The minimum atomic E-state index is -0.626.